The van der Waals surface area contributed by atoms with E-state index in [0.717, 1.165) is 0 Å². The van der Waals surface area contributed by atoms with E-state index in [1.807, 2.05) is 0 Å². The number of carbonyl (C=O) groups is 2. The van der Waals surface area contributed by atoms with Crippen LogP contribution in [0.25, 0.3) is 0 Å². The molecule has 0 unspecified atom stereocenters. The Morgan fingerprint density at radius 3 is 1.24 bits per heavy atom. The van der Waals surface area contributed by atoms with E-state index in [1.165, 1.54) is 4.90 Å². The molecule has 2 fully saturated rings. The molecule has 2 saturated heterocycles. The first-order valence-electron chi connectivity index (χ1n) is 17.3. The number of carbonyl (C=O) groups excluding carboxylic acids is 2. The van der Waals surface area contributed by atoms with E-state index >= 15 is 0 Å². The molecule has 0 radical (unpaired) electrons. The fraction of sp³-hybridized carbons (Fsp3) is 0.941. The maximum atomic E-state index is 13.4. The van der Waals surface area contributed by atoms with Gasteiger partial charge < -0.3 is 22.4 Å². The van der Waals surface area contributed by atoms with Gasteiger partial charge in [0.25, 0.3) is 0 Å². The fourth-order valence-electron chi connectivity index (χ4n) is 4.57. The zero-order valence-corrected chi connectivity index (χ0v) is 37.3. The van der Waals surface area contributed by atoms with E-state index in [1.54, 1.807) is 0 Å². The van der Waals surface area contributed by atoms with Crippen LogP contribution in [-0.2, 0) is 32.0 Å². The van der Waals surface area contributed by atoms with Gasteiger partial charge in [0, 0.05) is 12.8 Å². The normalized spacial score (nSPS) is 26.7. The van der Waals surface area contributed by atoms with Crippen molar-refractivity contribution in [1.29, 1.82) is 0 Å². The molecule has 0 bridgehead atoms. The Morgan fingerprint density at radius 1 is 0.565 bits per heavy atom. The number of amides is 2. The zero-order valence-electron chi connectivity index (χ0n) is 33.3. The highest BCUT2D eigenvalue weighted by Crippen LogP contribution is 2.47. The van der Waals surface area contributed by atoms with Crippen LogP contribution in [0, 0.1) is 0 Å². The van der Waals surface area contributed by atoms with Crippen molar-refractivity contribution in [3.63, 3.8) is 0 Å². The van der Waals surface area contributed by atoms with Gasteiger partial charge >= 0.3 is 0 Å². The summed E-state index contributed by atoms with van der Waals surface area (Å²) < 4.78 is 35.9. The third kappa shape index (κ3) is 9.12. The minimum Gasteiger partial charge on any atom is -0.414 e. The van der Waals surface area contributed by atoms with Gasteiger partial charge in [0.2, 0.25) is 11.8 Å². The van der Waals surface area contributed by atoms with Crippen LogP contribution in [0.15, 0.2) is 0 Å². The first kappa shape index (κ1) is 42.0. The Bertz CT molecular complexity index is 1080. The molecular weight excluding hydrogens is 647 g/mol. The molecular formula is C34H71NO7Si4. The summed E-state index contributed by atoms with van der Waals surface area (Å²) in [4.78, 5) is 28.2. The van der Waals surface area contributed by atoms with Gasteiger partial charge in [-0.1, -0.05) is 83.1 Å². The molecule has 270 valence electrons. The Hall–Kier alpha value is -0.192. The number of likely N-dealkylation sites (tertiary alicyclic amines) is 1. The number of hydrogen-bond donors (Lipinski definition) is 0. The minimum atomic E-state index is -2.47. The van der Waals surface area contributed by atoms with E-state index in [2.05, 4.69) is 135 Å². The monoisotopic (exact) mass is 717 g/mol. The highest BCUT2D eigenvalue weighted by atomic mass is 28.4. The molecule has 0 aromatic rings. The molecule has 5 atom stereocenters. The average Bonchev–Trinajstić information content (AvgIpc) is 3.15. The van der Waals surface area contributed by atoms with Crippen LogP contribution in [0.3, 0.4) is 0 Å². The minimum absolute atomic E-state index is 0.0112. The molecule has 0 aromatic carbocycles. The topological polar surface area (TPSA) is 83.5 Å². The van der Waals surface area contributed by atoms with Crippen LogP contribution in [0.2, 0.25) is 72.5 Å². The molecule has 0 spiro atoms. The van der Waals surface area contributed by atoms with Crippen LogP contribution in [0.1, 0.15) is 95.9 Å². The maximum absolute atomic E-state index is 13.4. The molecule has 0 aliphatic carbocycles. The molecule has 0 saturated carbocycles. The van der Waals surface area contributed by atoms with Gasteiger partial charge in [0.1, 0.15) is 24.4 Å². The highest BCUT2D eigenvalue weighted by Gasteiger charge is 2.59. The molecule has 12 heteroatoms. The summed E-state index contributed by atoms with van der Waals surface area (Å²) in [5.74, 6) is -0.449. The molecule has 2 amide bonds. The fourth-order valence-corrected chi connectivity index (χ4v) is 9.50. The smallest absolute Gasteiger partial charge is 0.231 e. The lowest BCUT2D eigenvalue weighted by Crippen LogP contribution is -2.71. The number of rotatable bonds is 10. The summed E-state index contributed by atoms with van der Waals surface area (Å²) in [6.07, 6.45) is -2.94. The second-order valence-corrected chi connectivity index (χ2v) is 38.9. The average molecular weight is 718 g/mol. The van der Waals surface area contributed by atoms with Crippen molar-refractivity contribution in [3.8, 4) is 0 Å². The summed E-state index contributed by atoms with van der Waals surface area (Å²) in [7, 11) is -9.52. The Labute approximate surface area is 286 Å². The predicted octanol–water partition coefficient (Wildman–Crippen LogP) is 9.05. The van der Waals surface area contributed by atoms with Crippen molar-refractivity contribution in [3.05, 3.63) is 0 Å². The lowest BCUT2D eigenvalue weighted by molar-refractivity contribution is -0.247. The molecule has 0 aromatic heterocycles. The largest absolute Gasteiger partial charge is 0.414 e. The van der Waals surface area contributed by atoms with Crippen LogP contribution in [0.4, 0.5) is 0 Å². The van der Waals surface area contributed by atoms with Crippen LogP contribution in [-0.4, -0.2) is 87.2 Å². The molecule has 0 N–H and O–H groups in total. The quantitative estimate of drug-likeness (QED) is 0.165. The third-order valence-corrected chi connectivity index (χ3v) is 30.0. The number of imide groups is 1. The third-order valence-electron chi connectivity index (χ3n) is 12.1. The van der Waals surface area contributed by atoms with E-state index in [4.69, 9.17) is 22.4 Å². The van der Waals surface area contributed by atoms with Gasteiger partial charge in [-0.2, -0.15) is 0 Å². The number of hydrogen-bond acceptors (Lipinski definition) is 7. The van der Waals surface area contributed by atoms with Crippen LogP contribution >= 0.6 is 0 Å². The second kappa shape index (κ2) is 13.5. The summed E-state index contributed by atoms with van der Waals surface area (Å²) in [6.45, 7) is 44.9. The first-order chi connectivity index (χ1) is 20.2. The standard InChI is InChI=1S/C34H71NO7Si4/c1-31(2,3)43(13,14)38-23-24-27(40-44(15,16)32(4,5)6)28(41-45(17,18)33(7,8)9)29(42-46(19,20)34(10,11)12)30(39-24)35-25(36)21-22-26(35)37/h24,27-30H,21-23H2,1-20H3/t24-,27-,28+,29-,30-/m1/s1. The van der Waals surface area contributed by atoms with Gasteiger partial charge in [-0.05, 0) is 72.5 Å². The van der Waals surface area contributed by atoms with E-state index in [9.17, 15) is 9.59 Å². The van der Waals surface area contributed by atoms with Gasteiger partial charge in [0.15, 0.2) is 39.5 Å². The van der Waals surface area contributed by atoms with Crippen molar-refractivity contribution >= 4 is 45.1 Å². The van der Waals surface area contributed by atoms with Gasteiger partial charge in [-0.3, -0.25) is 14.5 Å². The van der Waals surface area contributed by atoms with Gasteiger partial charge in [-0.15, -0.1) is 0 Å². The zero-order chi connectivity index (χ0) is 36.3. The maximum Gasteiger partial charge on any atom is 0.231 e. The van der Waals surface area contributed by atoms with Crippen molar-refractivity contribution in [2.45, 2.75) is 199 Å². The Morgan fingerprint density at radius 2 is 0.891 bits per heavy atom. The molecule has 2 heterocycles. The van der Waals surface area contributed by atoms with Crippen LogP contribution < -0.4 is 0 Å². The summed E-state index contributed by atoms with van der Waals surface area (Å²) >= 11 is 0. The van der Waals surface area contributed by atoms with E-state index < -0.39 is 63.9 Å². The number of ether oxygens (including phenoxy) is 1. The van der Waals surface area contributed by atoms with E-state index in [-0.39, 0.29) is 51.4 Å². The summed E-state index contributed by atoms with van der Waals surface area (Å²) in [5.41, 5.74) is 0. The van der Waals surface area contributed by atoms with Gasteiger partial charge in [0.05, 0.1) is 6.61 Å². The van der Waals surface area contributed by atoms with Crippen LogP contribution in [0.5, 0.6) is 0 Å². The van der Waals surface area contributed by atoms with Crippen molar-refractivity contribution < 1.29 is 32.0 Å². The van der Waals surface area contributed by atoms with Crippen molar-refractivity contribution in [2.24, 2.45) is 0 Å². The summed E-state index contributed by atoms with van der Waals surface area (Å²) in [5, 5.41) is -0.317. The SMILES string of the molecule is CC(C)(C)[Si](C)(C)OC[C@H]1O[C@@H](N2C(=O)CCC2=O)[C@H](O[Si](C)(C)C(C)(C)C)[C@@H](O[Si](C)(C)C(C)(C)C)[C@@H]1O[Si](C)(C)C(C)(C)C. The second-order valence-electron chi connectivity index (χ2n) is 19.8. The van der Waals surface area contributed by atoms with Crippen molar-refractivity contribution in [1.82, 2.24) is 4.90 Å². The Balaban J connectivity index is 2.90. The predicted molar refractivity (Wildman–Crippen MR) is 199 cm³/mol. The highest BCUT2D eigenvalue weighted by molar-refractivity contribution is 6.75. The van der Waals surface area contributed by atoms with Gasteiger partial charge in [-0.25, -0.2) is 0 Å². The number of nitrogens with zero attached hydrogens (tertiary/aromatic N) is 1. The molecule has 2 rings (SSSR count). The lowest BCUT2D eigenvalue weighted by atomic mass is 9.98. The Kier molecular flexibility index (Phi) is 12.3. The molecule has 46 heavy (non-hydrogen) atoms. The summed E-state index contributed by atoms with van der Waals surface area (Å²) in [6, 6.07) is 0. The molecule has 2 aliphatic heterocycles. The van der Waals surface area contributed by atoms with E-state index in [0.29, 0.717) is 0 Å². The lowest BCUT2D eigenvalue weighted by Gasteiger charge is -2.56. The molecule has 8 nitrogen and oxygen atoms in total. The molecule has 2 aliphatic rings. The van der Waals surface area contributed by atoms with Crippen molar-refractivity contribution in [2.75, 3.05) is 6.61 Å². The first-order valence-corrected chi connectivity index (χ1v) is 29.0.